The van der Waals surface area contributed by atoms with E-state index in [2.05, 4.69) is 219 Å². The monoisotopic (exact) mass is 706 g/mol. The minimum atomic E-state index is -0.217. The molecule has 1 aliphatic rings. The highest BCUT2D eigenvalue weighted by Crippen LogP contribution is 2.54. The van der Waals surface area contributed by atoms with E-state index in [1.54, 1.807) is 0 Å². The molecule has 2 nitrogen and oxygen atoms in total. The van der Waals surface area contributed by atoms with Crippen molar-refractivity contribution in [3.8, 4) is 11.1 Å². The molecule has 0 saturated carbocycles. The van der Waals surface area contributed by atoms with Gasteiger partial charge in [0.2, 0.25) is 0 Å². The van der Waals surface area contributed by atoms with Crippen LogP contribution in [0.25, 0.3) is 43.4 Å². The summed E-state index contributed by atoms with van der Waals surface area (Å²) in [5.41, 5.74) is 14.6. The molecule has 55 heavy (non-hydrogen) atoms. The molecule has 0 atom stereocenters. The van der Waals surface area contributed by atoms with Gasteiger partial charge in [-0.2, -0.15) is 0 Å². The zero-order chi connectivity index (χ0) is 37.3. The summed E-state index contributed by atoms with van der Waals surface area (Å²) >= 11 is 0. The molecule has 0 saturated heterocycles. The van der Waals surface area contributed by atoms with Crippen molar-refractivity contribution in [2.75, 3.05) is 9.80 Å². The van der Waals surface area contributed by atoms with Crippen LogP contribution in [0.3, 0.4) is 0 Å². The Morgan fingerprint density at radius 2 is 0.836 bits per heavy atom. The van der Waals surface area contributed by atoms with Crippen molar-refractivity contribution in [3.05, 3.63) is 204 Å². The second-order valence-corrected chi connectivity index (χ2v) is 15.6. The van der Waals surface area contributed by atoms with Crippen LogP contribution in [-0.2, 0) is 5.41 Å². The fourth-order valence-electron chi connectivity index (χ4n) is 8.96. The molecule has 0 heterocycles. The fraction of sp³-hybridized carbons (Fsp3) is 0.0943. The topological polar surface area (TPSA) is 6.48 Å². The summed E-state index contributed by atoms with van der Waals surface area (Å²) in [6.07, 6.45) is 0. The van der Waals surface area contributed by atoms with E-state index in [9.17, 15) is 0 Å². The van der Waals surface area contributed by atoms with Crippen LogP contribution in [0.2, 0.25) is 0 Å². The van der Waals surface area contributed by atoms with Gasteiger partial charge in [0.1, 0.15) is 0 Å². The van der Waals surface area contributed by atoms with Gasteiger partial charge in [0.05, 0.1) is 11.4 Å². The van der Waals surface area contributed by atoms with Crippen LogP contribution in [0.4, 0.5) is 34.1 Å². The Labute approximate surface area is 323 Å². The maximum atomic E-state index is 2.44. The van der Waals surface area contributed by atoms with Crippen molar-refractivity contribution in [2.24, 2.45) is 0 Å². The molecule has 0 bridgehead atoms. The third kappa shape index (κ3) is 5.40. The Kier molecular flexibility index (Phi) is 7.64. The summed E-state index contributed by atoms with van der Waals surface area (Å²) in [7, 11) is 0. The number of fused-ring (bicyclic) bond motifs is 7. The number of rotatable bonds is 6. The minimum Gasteiger partial charge on any atom is -0.310 e. The smallest absolute Gasteiger partial charge is 0.0540 e. The van der Waals surface area contributed by atoms with Crippen molar-refractivity contribution in [3.63, 3.8) is 0 Å². The van der Waals surface area contributed by atoms with Gasteiger partial charge in [-0.05, 0) is 118 Å². The predicted molar refractivity (Wildman–Crippen MR) is 235 cm³/mol. The molecule has 0 amide bonds. The Morgan fingerprint density at radius 3 is 1.42 bits per heavy atom. The average Bonchev–Trinajstić information content (AvgIpc) is 3.45. The lowest BCUT2D eigenvalue weighted by Gasteiger charge is -2.29. The molecular formula is C53H42N2. The maximum Gasteiger partial charge on any atom is 0.0540 e. The summed E-state index contributed by atoms with van der Waals surface area (Å²) in [5, 5.41) is 7.48. The fourth-order valence-corrected chi connectivity index (χ4v) is 8.96. The summed E-state index contributed by atoms with van der Waals surface area (Å²) in [5.74, 6) is 0. The molecule has 10 rings (SSSR count). The highest BCUT2D eigenvalue weighted by molar-refractivity contribution is 6.04. The lowest BCUT2D eigenvalue weighted by atomic mass is 9.80. The first-order valence-corrected chi connectivity index (χ1v) is 19.3. The third-order valence-corrected chi connectivity index (χ3v) is 11.7. The minimum absolute atomic E-state index is 0.217. The normalized spacial score (nSPS) is 12.9. The zero-order valence-electron chi connectivity index (χ0n) is 31.7. The SMILES string of the molecule is Cc1ccc(N(c2ccc3c(c2)C(C)(C)c2c-3ccc3cc(N(c4ccc(C)cc4)c4cccc5ccccc45)ccc23)c2cccc3ccccc23)cc1. The van der Waals surface area contributed by atoms with E-state index in [1.165, 1.54) is 77.1 Å². The van der Waals surface area contributed by atoms with E-state index in [4.69, 9.17) is 0 Å². The van der Waals surface area contributed by atoms with Gasteiger partial charge in [-0.1, -0.05) is 146 Å². The highest BCUT2D eigenvalue weighted by Gasteiger charge is 2.37. The van der Waals surface area contributed by atoms with Crippen LogP contribution in [0.1, 0.15) is 36.1 Å². The average molecular weight is 707 g/mol. The van der Waals surface area contributed by atoms with Gasteiger partial charge < -0.3 is 9.80 Å². The molecule has 0 aromatic heterocycles. The molecule has 2 heteroatoms. The van der Waals surface area contributed by atoms with Crippen LogP contribution in [0, 0.1) is 13.8 Å². The standard InChI is InChI=1S/C53H42N2/c1-35-19-24-40(25-20-35)54(50-17-9-13-37-11-5-7-15-44(37)50)42-28-31-46-39(33-42)23-30-48-47-32-29-43(34-49(47)53(3,4)52(46)48)55(41-26-21-36(2)22-27-41)51-18-10-14-38-12-6-8-16-45(38)51/h5-34H,1-4H3. The quantitative estimate of drug-likeness (QED) is 0.170. The van der Waals surface area contributed by atoms with Crippen LogP contribution in [-0.4, -0.2) is 0 Å². The first-order chi connectivity index (χ1) is 26.8. The summed E-state index contributed by atoms with van der Waals surface area (Å²) < 4.78 is 0. The van der Waals surface area contributed by atoms with Crippen molar-refractivity contribution in [1.82, 2.24) is 0 Å². The molecule has 0 N–H and O–H groups in total. The number of hydrogen-bond donors (Lipinski definition) is 0. The van der Waals surface area contributed by atoms with E-state index < -0.39 is 0 Å². The Morgan fingerprint density at radius 1 is 0.364 bits per heavy atom. The van der Waals surface area contributed by atoms with E-state index in [1.807, 2.05) is 0 Å². The molecule has 9 aromatic rings. The zero-order valence-corrected chi connectivity index (χ0v) is 31.7. The molecule has 9 aromatic carbocycles. The van der Waals surface area contributed by atoms with Gasteiger partial charge >= 0.3 is 0 Å². The van der Waals surface area contributed by atoms with E-state index in [0.29, 0.717) is 0 Å². The number of aryl methyl sites for hydroxylation is 2. The molecule has 0 aliphatic heterocycles. The molecule has 0 radical (unpaired) electrons. The van der Waals surface area contributed by atoms with Gasteiger partial charge in [-0.3, -0.25) is 0 Å². The number of anilines is 6. The van der Waals surface area contributed by atoms with Gasteiger partial charge in [0.15, 0.2) is 0 Å². The summed E-state index contributed by atoms with van der Waals surface area (Å²) in [6.45, 7) is 9.10. The third-order valence-electron chi connectivity index (χ3n) is 11.7. The number of hydrogen-bond acceptors (Lipinski definition) is 2. The van der Waals surface area contributed by atoms with E-state index in [-0.39, 0.29) is 5.41 Å². The largest absolute Gasteiger partial charge is 0.310 e. The van der Waals surface area contributed by atoms with Crippen molar-refractivity contribution >= 4 is 66.4 Å². The van der Waals surface area contributed by atoms with Gasteiger partial charge in [0, 0.05) is 38.9 Å². The van der Waals surface area contributed by atoms with Gasteiger partial charge in [-0.15, -0.1) is 0 Å². The van der Waals surface area contributed by atoms with Crippen LogP contribution in [0.5, 0.6) is 0 Å². The Bertz CT molecular complexity index is 2910. The van der Waals surface area contributed by atoms with Crippen LogP contribution in [0.15, 0.2) is 182 Å². The number of nitrogens with zero attached hydrogens (tertiary/aromatic N) is 2. The van der Waals surface area contributed by atoms with E-state index >= 15 is 0 Å². The highest BCUT2D eigenvalue weighted by atomic mass is 15.1. The second kappa shape index (κ2) is 12.7. The van der Waals surface area contributed by atoms with Crippen molar-refractivity contribution in [1.29, 1.82) is 0 Å². The summed E-state index contributed by atoms with van der Waals surface area (Å²) in [4.78, 5) is 4.84. The second-order valence-electron chi connectivity index (χ2n) is 15.6. The lowest BCUT2D eigenvalue weighted by Crippen LogP contribution is -2.17. The molecule has 0 spiro atoms. The predicted octanol–water partition coefficient (Wildman–Crippen LogP) is 15.0. The van der Waals surface area contributed by atoms with Crippen molar-refractivity contribution in [2.45, 2.75) is 33.1 Å². The molecular weight excluding hydrogens is 665 g/mol. The maximum absolute atomic E-state index is 2.44. The molecule has 1 aliphatic carbocycles. The Hall–Kier alpha value is -6.64. The lowest BCUT2D eigenvalue weighted by molar-refractivity contribution is 0.666. The van der Waals surface area contributed by atoms with E-state index in [0.717, 1.165) is 22.7 Å². The van der Waals surface area contributed by atoms with Crippen LogP contribution < -0.4 is 9.80 Å². The van der Waals surface area contributed by atoms with Gasteiger partial charge in [0.25, 0.3) is 0 Å². The molecule has 264 valence electrons. The number of benzene rings is 9. The van der Waals surface area contributed by atoms with Gasteiger partial charge in [-0.25, -0.2) is 0 Å². The molecule has 0 fully saturated rings. The molecule has 0 unspecified atom stereocenters. The first kappa shape index (κ1) is 33.0. The summed E-state index contributed by atoms with van der Waals surface area (Å²) in [6, 6.07) is 67.2. The van der Waals surface area contributed by atoms with Crippen LogP contribution >= 0.6 is 0 Å². The Balaban J connectivity index is 1.11. The first-order valence-electron chi connectivity index (χ1n) is 19.3. The van der Waals surface area contributed by atoms with Crippen molar-refractivity contribution < 1.29 is 0 Å².